The molecule has 2 aromatic rings. The maximum Gasteiger partial charge on any atom is 0.410 e. The molecule has 0 bridgehead atoms. The lowest BCUT2D eigenvalue weighted by molar-refractivity contribution is -0.133. The van der Waals surface area contributed by atoms with E-state index in [9.17, 15) is 19.6 Å². The number of carbonyl (C=O) groups excluding carboxylic acids is 3. The van der Waals surface area contributed by atoms with Crippen LogP contribution in [-0.4, -0.2) is 77.4 Å². The summed E-state index contributed by atoms with van der Waals surface area (Å²) in [6, 6.07) is 12.6. The number of ether oxygens (including phenoxy) is 3. The van der Waals surface area contributed by atoms with Crippen molar-refractivity contribution in [1.82, 2.24) is 15.1 Å². The molecule has 0 spiro atoms. The van der Waals surface area contributed by atoms with Crippen LogP contribution in [-0.2, 0) is 20.7 Å². The van der Waals surface area contributed by atoms with Crippen molar-refractivity contribution in [3.63, 3.8) is 0 Å². The van der Waals surface area contributed by atoms with Gasteiger partial charge in [0, 0.05) is 38.9 Å². The monoisotopic (exact) mass is 622 g/mol. The lowest BCUT2D eigenvalue weighted by Gasteiger charge is -2.32. The zero-order valence-corrected chi connectivity index (χ0v) is 26.7. The standard InChI is InChI=1S/C34H43FN4O6/c1-22(2)43-33(42)38-17-14-28(15-18-38)44-27-12-10-23(11-13-27)24-8-9-25(29(35)19-24)20-30(37-32(41)45-34(3,4)5)31(40)39-16-6-7-26(39)21-36/h8-13,19,22,26,28,30H,6-7,14-18,20H2,1-5H3,(H,37,41)/t26-,30-/m0/s1. The Labute approximate surface area is 264 Å². The molecule has 10 nitrogen and oxygen atoms in total. The summed E-state index contributed by atoms with van der Waals surface area (Å²) < 4.78 is 32.2. The number of piperidine rings is 1. The van der Waals surface area contributed by atoms with Crippen LogP contribution < -0.4 is 10.1 Å². The van der Waals surface area contributed by atoms with Gasteiger partial charge in [0.25, 0.3) is 0 Å². The summed E-state index contributed by atoms with van der Waals surface area (Å²) in [6.07, 6.45) is 1.27. The van der Waals surface area contributed by atoms with E-state index in [1.54, 1.807) is 37.8 Å². The van der Waals surface area contributed by atoms with Crippen LogP contribution >= 0.6 is 0 Å². The molecule has 2 fully saturated rings. The van der Waals surface area contributed by atoms with Crippen molar-refractivity contribution in [1.29, 1.82) is 5.26 Å². The van der Waals surface area contributed by atoms with E-state index in [-0.39, 0.29) is 30.3 Å². The number of nitrogens with one attached hydrogen (secondary N) is 1. The predicted molar refractivity (Wildman–Crippen MR) is 166 cm³/mol. The first-order valence-corrected chi connectivity index (χ1v) is 15.5. The van der Waals surface area contributed by atoms with Gasteiger partial charge in [0.2, 0.25) is 5.91 Å². The second kappa shape index (κ2) is 14.6. The summed E-state index contributed by atoms with van der Waals surface area (Å²) >= 11 is 0. The van der Waals surface area contributed by atoms with E-state index in [0.29, 0.717) is 56.6 Å². The van der Waals surface area contributed by atoms with Crippen LogP contribution in [0.5, 0.6) is 5.75 Å². The van der Waals surface area contributed by atoms with Gasteiger partial charge < -0.3 is 29.3 Å². The molecule has 0 aliphatic carbocycles. The normalized spacial score (nSPS) is 17.9. The number of hydrogen-bond acceptors (Lipinski definition) is 7. The van der Waals surface area contributed by atoms with E-state index in [1.165, 1.54) is 11.0 Å². The third-order valence-electron chi connectivity index (χ3n) is 7.68. The number of hydrogen-bond donors (Lipinski definition) is 1. The Hall–Kier alpha value is -4.33. The highest BCUT2D eigenvalue weighted by Gasteiger charge is 2.35. The third-order valence-corrected chi connectivity index (χ3v) is 7.68. The van der Waals surface area contributed by atoms with Crippen LogP contribution in [0, 0.1) is 17.1 Å². The first-order chi connectivity index (χ1) is 21.3. The second-order valence-corrected chi connectivity index (χ2v) is 12.8. The molecule has 2 aliphatic heterocycles. The zero-order chi connectivity index (χ0) is 32.7. The van der Waals surface area contributed by atoms with Crippen molar-refractivity contribution in [2.24, 2.45) is 0 Å². The van der Waals surface area contributed by atoms with Gasteiger partial charge >= 0.3 is 12.2 Å². The Bertz CT molecular complexity index is 1390. The molecule has 11 heteroatoms. The molecule has 0 radical (unpaired) electrons. The fourth-order valence-corrected chi connectivity index (χ4v) is 5.48. The number of amides is 3. The Morgan fingerprint density at radius 1 is 1.02 bits per heavy atom. The summed E-state index contributed by atoms with van der Waals surface area (Å²) in [4.78, 5) is 41.3. The van der Waals surface area contributed by atoms with Gasteiger partial charge in [-0.3, -0.25) is 4.79 Å². The van der Waals surface area contributed by atoms with Crippen molar-refractivity contribution in [3.8, 4) is 22.9 Å². The summed E-state index contributed by atoms with van der Waals surface area (Å²) in [5, 5.41) is 12.1. The quantitative estimate of drug-likeness (QED) is 0.393. The molecule has 45 heavy (non-hydrogen) atoms. The highest BCUT2D eigenvalue weighted by Crippen LogP contribution is 2.27. The molecular formula is C34H43FN4O6. The van der Waals surface area contributed by atoms with Crippen LogP contribution in [0.15, 0.2) is 42.5 Å². The average Bonchev–Trinajstić information content (AvgIpc) is 3.46. The summed E-state index contributed by atoms with van der Waals surface area (Å²) in [5.74, 6) is -0.269. The smallest absolute Gasteiger partial charge is 0.410 e. The van der Waals surface area contributed by atoms with E-state index >= 15 is 4.39 Å². The van der Waals surface area contributed by atoms with Crippen LogP contribution in [0.2, 0.25) is 0 Å². The van der Waals surface area contributed by atoms with Crippen molar-refractivity contribution < 1.29 is 33.0 Å². The van der Waals surface area contributed by atoms with Gasteiger partial charge in [-0.1, -0.05) is 24.3 Å². The van der Waals surface area contributed by atoms with Gasteiger partial charge in [-0.15, -0.1) is 0 Å². The fourth-order valence-electron chi connectivity index (χ4n) is 5.48. The van der Waals surface area contributed by atoms with Crippen LogP contribution in [0.25, 0.3) is 11.1 Å². The number of rotatable bonds is 8. The minimum absolute atomic E-state index is 0.0235. The molecule has 0 saturated carbocycles. The maximum atomic E-state index is 15.5. The molecule has 0 unspecified atom stereocenters. The van der Waals surface area contributed by atoms with E-state index in [4.69, 9.17) is 14.2 Å². The van der Waals surface area contributed by atoms with E-state index in [0.717, 1.165) is 5.56 Å². The molecule has 3 amide bonds. The van der Waals surface area contributed by atoms with Gasteiger partial charge in [0.05, 0.1) is 12.2 Å². The van der Waals surface area contributed by atoms with Crippen molar-refractivity contribution in [2.45, 2.75) is 96.6 Å². The maximum absolute atomic E-state index is 15.5. The Kier molecular flexibility index (Phi) is 10.9. The van der Waals surface area contributed by atoms with Gasteiger partial charge in [0.1, 0.15) is 35.4 Å². The minimum atomic E-state index is -1.10. The Morgan fingerprint density at radius 3 is 2.29 bits per heavy atom. The minimum Gasteiger partial charge on any atom is -0.490 e. The first kappa shape index (κ1) is 33.6. The van der Waals surface area contributed by atoms with E-state index in [2.05, 4.69) is 11.4 Å². The second-order valence-electron chi connectivity index (χ2n) is 12.8. The van der Waals surface area contributed by atoms with Gasteiger partial charge in [0.15, 0.2) is 0 Å². The molecule has 0 aromatic heterocycles. The third kappa shape index (κ3) is 9.33. The molecule has 1 N–H and O–H groups in total. The zero-order valence-electron chi connectivity index (χ0n) is 26.7. The Balaban J connectivity index is 1.40. The van der Waals surface area contributed by atoms with Crippen LogP contribution in [0.1, 0.15) is 65.9 Å². The summed E-state index contributed by atoms with van der Waals surface area (Å²) in [7, 11) is 0. The molecule has 4 rings (SSSR count). The molecule has 2 atom stereocenters. The van der Waals surface area contributed by atoms with Gasteiger partial charge in [-0.25, -0.2) is 14.0 Å². The van der Waals surface area contributed by atoms with E-state index < -0.39 is 35.5 Å². The average molecular weight is 623 g/mol. The number of carbonyl (C=O) groups is 3. The highest BCUT2D eigenvalue weighted by atomic mass is 19.1. The fraction of sp³-hybridized carbons (Fsp3) is 0.529. The topological polar surface area (TPSA) is 121 Å². The largest absolute Gasteiger partial charge is 0.490 e. The summed E-state index contributed by atoms with van der Waals surface area (Å²) in [6.45, 7) is 10.3. The highest BCUT2D eigenvalue weighted by molar-refractivity contribution is 5.87. The number of halogens is 1. The lowest BCUT2D eigenvalue weighted by atomic mass is 9.99. The van der Waals surface area contributed by atoms with E-state index in [1.807, 2.05) is 38.1 Å². The van der Waals surface area contributed by atoms with Crippen LogP contribution in [0.3, 0.4) is 0 Å². The number of alkyl carbamates (subject to hydrolysis) is 1. The van der Waals surface area contributed by atoms with Crippen molar-refractivity contribution in [2.75, 3.05) is 19.6 Å². The molecule has 2 aromatic carbocycles. The first-order valence-electron chi connectivity index (χ1n) is 15.5. The Morgan fingerprint density at radius 2 is 1.69 bits per heavy atom. The molecule has 2 heterocycles. The van der Waals surface area contributed by atoms with Gasteiger partial charge in [-0.05, 0) is 82.3 Å². The molecule has 2 saturated heterocycles. The number of nitriles is 1. The number of likely N-dealkylation sites (tertiary alicyclic amines) is 2. The molecular weight excluding hydrogens is 579 g/mol. The number of nitrogens with zero attached hydrogens (tertiary/aromatic N) is 3. The molecule has 242 valence electrons. The predicted octanol–water partition coefficient (Wildman–Crippen LogP) is 5.83. The van der Waals surface area contributed by atoms with Crippen LogP contribution in [0.4, 0.5) is 14.0 Å². The van der Waals surface area contributed by atoms with Gasteiger partial charge in [-0.2, -0.15) is 5.26 Å². The van der Waals surface area contributed by atoms with Crippen molar-refractivity contribution in [3.05, 3.63) is 53.8 Å². The SMILES string of the molecule is CC(C)OC(=O)N1CCC(Oc2ccc(-c3ccc(C[C@H](NC(=O)OC(C)(C)C)C(=O)N4CCC[C@H]4C#N)c(F)c3)cc2)CC1. The number of benzene rings is 2. The van der Waals surface area contributed by atoms with Crippen molar-refractivity contribution >= 4 is 18.1 Å². The molecule has 2 aliphatic rings. The summed E-state index contributed by atoms with van der Waals surface area (Å²) in [5.41, 5.74) is 0.901. The lowest BCUT2D eigenvalue weighted by Crippen LogP contribution is -2.51.